The smallest absolute Gasteiger partial charge is 0.249 e. The number of carbonyl (C=O) groups is 1. The predicted molar refractivity (Wildman–Crippen MR) is 252 cm³/mol. The minimum absolute atomic E-state index is 0.267. The zero-order valence-corrected chi connectivity index (χ0v) is 40.1. The van der Waals surface area contributed by atoms with Crippen LogP contribution in [-0.2, 0) is 14.3 Å². The summed E-state index contributed by atoms with van der Waals surface area (Å²) < 4.78 is 11.1. The maximum atomic E-state index is 13.1. The second-order valence-electron chi connectivity index (χ2n) is 19.0. The number of amides is 1. The topological polar surface area (TPSA) is 189 Å². The van der Waals surface area contributed by atoms with Crippen LogP contribution in [0.15, 0.2) is 0 Å². The Bertz CT molecular complexity index is 975. The van der Waals surface area contributed by atoms with Gasteiger partial charge in [-0.15, -0.1) is 0 Å². The summed E-state index contributed by atoms with van der Waals surface area (Å²) in [5, 5.41) is 75.9. The molecule has 62 heavy (non-hydrogen) atoms. The largest absolute Gasteiger partial charge is 0.394 e. The van der Waals surface area contributed by atoms with E-state index in [1.807, 2.05) is 0 Å². The molecule has 0 aromatic carbocycles. The van der Waals surface area contributed by atoms with Crippen LogP contribution in [0.2, 0.25) is 0 Å². The van der Waals surface area contributed by atoms with E-state index in [9.17, 15) is 40.5 Å². The van der Waals surface area contributed by atoms with Gasteiger partial charge >= 0.3 is 0 Å². The summed E-state index contributed by atoms with van der Waals surface area (Å²) in [6, 6.07) is -1.16. The fourth-order valence-corrected chi connectivity index (χ4v) is 8.80. The summed E-state index contributed by atoms with van der Waals surface area (Å²) in [6.07, 6.45) is 32.9. The molecule has 0 spiro atoms. The third-order valence-electron chi connectivity index (χ3n) is 13.2. The van der Waals surface area contributed by atoms with Crippen molar-refractivity contribution in [3.8, 4) is 0 Å². The lowest BCUT2D eigenvalue weighted by Gasteiger charge is -2.40. The SMILES string of the molecule is CCCCCCCCCCCCCCCCCCCCCC[C@@H](O)C(=O)N[C@@H](CO[C@H]1O[C@H](CO)[C@H](O)[C@H](O)[C@H]1O)[C@H](O)[C@H](O)CCCCCCCCCCCCCCCCC. The highest BCUT2D eigenvalue weighted by Crippen LogP contribution is 2.23. The van der Waals surface area contributed by atoms with Crippen molar-refractivity contribution in [2.24, 2.45) is 0 Å². The van der Waals surface area contributed by atoms with Gasteiger partial charge in [-0.25, -0.2) is 0 Å². The van der Waals surface area contributed by atoms with Gasteiger partial charge in [0.1, 0.15) is 36.6 Å². The maximum absolute atomic E-state index is 13.1. The number of aliphatic hydroxyl groups is 7. The van der Waals surface area contributed by atoms with Crippen LogP contribution >= 0.6 is 0 Å². The van der Waals surface area contributed by atoms with E-state index in [0.29, 0.717) is 19.3 Å². The molecular formula is C51H101NO10. The van der Waals surface area contributed by atoms with Crippen molar-refractivity contribution >= 4 is 5.91 Å². The first-order chi connectivity index (χ1) is 30.2. The van der Waals surface area contributed by atoms with Gasteiger partial charge in [-0.1, -0.05) is 239 Å². The van der Waals surface area contributed by atoms with Crippen molar-refractivity contribution in [2.75, 3.05) is 13.2 Å². The Kier molecular flexibility index (Phi) is 39.6. The summed E-state index contributed by atoms with van der Waals surface area (Å²) >= 11 is 0. The Hall–Kier alpha value is -0.890. The van der Waals surface area contributed by atoms with Crippen molar-refractivity contribution < 1.29 is 50.0 Å². The number of carbonyl (C=O) groups excluding carboxylic acids is 1. The fraction of sp³-hybridized carbons (Fsp3) is 0.980. The standard InChI is InChI=1S/C51H101NO10/c1-3-5-7-9-11-13-15-17-19-20-21-22-23-25-27-29-31-33-35-37-39-44(55)50(60)52-42(41-61-51-49(59)48(58)47(57)45(40-53)62-51)46(56)43(54)38-36-34-32-30-28-26-24-18-16-14-12-10-8-6-4-2/h42-49,51,53-59H,3-41H2,1-2H3,(H,52,60)/t42-,43+,44+,45+,46-,47-,48-,49+,51-/m0/s1. The zero-order valence-electron chi connectivity index (χ0n) is 40.1. The summed E-state index contributed by atoms with van der Waals surface area (Å²) in [7, 11) is 0. The van der Waals surface area contributed by atoms with Gasteiger partial charge < -0.3 is 50.5 Å². The molecular weight excluding hydrogens is 787 g/mol. The molecule has 0 saturated carbocycles. The van der Waals surface area contributed by atoms with Gasteiger partial charge in [0.2, 0.25) is 5.91 Å². The number of nitrogens with one attached hydrogen (secondary N) is 1. The molecule has 0 radical (unpaired) electrons. The Morgan fingerprint density at radius 3 is 1.19 bits per heavy atom. The maximum Gasteiger partial charge on any atom is 0.249 e. The van der Waals surface area contributed by atoms with Crippen molar-refractivity contribution in [2.45, 2.75) is 306 Å². The molecule has 0 bridgehead atoms. The van der Waals surface area contributed by atoms with E-state index >= 15 is 0 Å². The monoisotopic (exact) mass is 888 g/mol. The molecule has 1 saturated heterocycles. The van der Waals surface area contributed by atoms with E-state index in [-0.39, 0.29) is 6.42 Å². The Morgan fingerprint density at radius 2 is 0.839 bits per heavy atom. The van der Waals surface area contributed by atoms with Gasteiger partial charge in [0.25, 0.3) is 0 Å². The second kappa shape index (κ2) is 41.5. The highest BCUT2D eigenvalue weighted by Gasteiger charge is 2.44. The highest BCUT2D eigenvalue weighted by atomic mass is 16.7. The third kappa shape index (κ3) is 30.3. The molecule has 1 amide bonds. The Balaban J connectivity index is 2.35. The molecule has 0 aromatic rings. The Labute approximate surface area is 379 Å². The van der Waals surface area contributed by atoms with E-state index in [4.69, 9.17) is 9.47 Å². The van der Waals surface area contributed by atoms with Gasteiger partial charge in [-0.05, 0) is 12.8 Å². The van der Waals surface area contributed by atoms with Crippen LogP contribution < -0.4 is 5.32 Å². The molecule has 8 N–H and O–H groups in total. The molecule has 11 heteroatoms. The molecule has 11 nitrogen and oxygen atoms in total. The molecule has 1 aliphatic rings. The minimum atomic E-state index is -1.66. The lowest BCUT2D eigenvalue weighted by molar-refractivity contribution is -0.303. The van der Waals surface area contributed by atoms with Gasteiger partial charge in [0.15, 0.2) is 6.29 Å². The van der Waals surface area contributed by atoms with Crippen LogP contribution in [-0.4, -0.2) is 110 Å². The molecule has 0 unspecified atom stereocenters. The molecule has 1 rings (SSSR count). The van der Waals surface area contributed by atoms with Crippen molar-refractivity contribution in [1.29, 1.82) is 0 Å². The number of hydrogen-bond donors (Lipinski definition) is 8. The van der Waals surface area contributed by atoms with E-state index in [1.165, 1.54) is 173 Å². The van der Waals surface area contributed by atoms with Crippen molar-refractivity contribution in [3.63, 3.8) is 0 Å². The van der Waals surface area contributed by atoms with E-state index in [1.54, 1.807) is 0 Å². The van der Waals surface area contributed by atoms with E-state index < -0.39 is 74.2 Å². The average molecular weight is 888 g/mol. The summed E-state index contributed by atoms with van der Waals surface area (Å²) in [5.41, 5.74) is 0. The number of aliphatic hydroxyl groups excluding tert-OH is 7. The van der Waals surface area contributed by atoms with Gasteiger partial charge in [-0.3, -0.25) is 4.79 Å². The lowest BCUT2D eigenvalue weighted by Crippen LogP contribution is -2.60. The van der Waals surface area contributed by atoms with Crippen molar-refractivity contribution in [3.05, 3.63) is 0 Å². The summed E-state index contributed by atoms with van der Waals surface area (Å²) in [6.45, 7) is 3.48. The van der Waals surface area contributed by atoms with Gasteiger partial charge in [0.05, 0.1) is 25.4 Å². The first-order valence-corrected chi connectivity index (χ1v) is 26.4. The molecule has 0 aliphatic carbocycles. The first-order valence-electron chi connectivity index (χ1n) is 26.4. The van der Waals surface area contributed by atoms with Gasteiger partial charge in [0, 0.05) is 0 Å². The number of hydrogen-bond acceptors (Lipinski definition) is 10. The lowest BCUT2D eigenvalue weighted by atomic mass is 9.98. The van der Waals surface area contributed by atoms with Crippen LogP contribution in [0, 0.1) is 0 Å². The normalized spacial score (nSPS) is 21.2. The molecule has 1 heterocycles. The van der Waals surface area contributed by atoms with E-state index in [2.05, 4.69) is 19.2 Å². The molecule has 1 aliphatic heterocycles. The summed E-state index contributed by atoms with van der Waals surface area (Å²) in [4.78, 5) is 13.1. The van der Waals surface area contributed by atoms with E-state index in [0.717, 1.165) is 38.5 Å². The number of ether oxygens (including phenoxy) is 2. The zero-order chi connectivity index (χ0) is 45.5. The van der Waals surface area contributed by atoms with Crippen LogP contribution in [0.5, 0.6) is 0 Å². The number of rotatable bonds is 45. The van der Waals surface area contributed by atoms with Crippen LogP contribution in [0.1, 0.15) is 251 Å². The van der Waals surface area contributed by atoms with Crippen molar-refractivity contribution in [1.82, 2.24) is 5.32 Å². The molecule has 370 valence electrons. The molecule has 0 aromatic heterocycles. The third-order valence-corrected chi connectivity index (χ3v) is 13.2. The van der Waals surface area contributed by atoms with Crippen LogP contribution in [0.25, 0.3) is 0 Å². The van der Waals surface area contributed by atoms with Crippen LogP contribution in [0.3, 0.4) is 0 Å². The molecule has 9 atom stereocenters. The quantitative estimate of drug-likeness (QED) is 0.0273. The van der Waals surface area contributed by atoms with Gasteiger partial charge in [-0.2, -0.15) is 0 Å². The average Bonchev–Trinajstić information content (AvgIpc) is 3.27. The predicted octanol–water partition coefficient (Wildman–Crippen LogP) is 9.84. The van der Waals surface area contributed by atoms with Crippen LogP contribution in [0.4, 0.5) is 0 Å². The second-order valence-corrected chi connectivity index (χ2v) is 19.0. The Morgan fingerprint density at radius 1 is 0.500 bits per heavy atom. The first kappa shape index (κ1) is 59.1. The number of unbranched alkanes of at least 4 members (excludes halogenated alkanes) is 33. The minimum Gasteiger partial charge on any atom is -0.394 e. The molecule has 1 fully saturated rings. The summed E-state index contributed by atoms with van der Waals surface area (Å²) in [5.74, 6) is -0.691. The fourth-order valence-electron chi connectivity index (χ4n) is 8.80. The highest BCUT2D eigenvalue weighted by molar-refractivity contribution is 5.80.